The van der Waals surface area contributed by atoms with Crippen molar-refractivity contribution in [3.8, 4) is 33.8 Å². The van der Waals surface area contributed by atoms with Crippen LogP contribution in [0.3, 0.4) is 0 Å². The number of phenolic OH excluding ortho intramolecular Hbond substituents is 1. The van der Waals surface area contributed by atoms with E-state index in [0.29, 0.717) is 5.56 Å². The molecule has 3 nitrogen and oxygen atoms in total. The highest BCUT2D eigenvalue weighted by molar-refractivity contribution is 5.97. The van der Waals surface area contributed by atoms with E-state index in [1.807, 2.05) is 30.3 Å². The normalized spacial score (nSPS) is 10.6. The third-order valence-electron chi connectivity index (χ3n) is 4.55. The fourth-order valence-electron chi connectivity index (χ4n) is 2.94. The maximum absolute atomic E-state index is 11.4. The summed E-state index contributed by atoms with van der Waals surface area (Å²) in [5.74, 6) is 0.768. The Kier molecular flexibility index (Phi) is 5.92. The molecular weight excluding hydrogens is 336 g/mol. The summed E-state index contributed by atoms with van der Waals surface area (Å²) < 4.78 is 5.70. The van der Waals surface area contributed by atoms with Crippen molar-refractivity contribution in [2.75, 3.05) is 6.61 Å². The first-order valence-corrected chi connectivity index (χ1v) is 9.26. The molecule has 0 radical (unpaired) electrons. The van der Waals surface area contributed by atoms with Crippen molar-refractivity contribution < 1.29 is 14.6 Å². The molecule has 0 atom stereocenters. The number of hydrogen-bond donors (Lipinski definition) is 1. The zero-order valence-corrected chi connectivity index (χ0v) is 15.7. The minimum absolute atomic E-state index is 0.0164. The summed E-state index contributed by atoms with van der Waals surface area (Å²) in [5, 5.41) is 10.0. The van der Waals surface area contributed by atoms with Crippen LogP contribution in [0.5, 0.6) is 11.5 Å². The predicted octanol–water partition coefficient (Wildman–Crippen LogP) is 6.11. The Bertz CT molecular complexity index is 909. The van der Waals surface area contributed by atoms with Crippen molar-refractivity contribution >= 4 is 5.78 Å². The number of aromatic hydroxyl groups is 1. The first-order chi connectivity index (χ1) is 13.1. The van der Waals surface area contributed by atoms with E-state index in [1.165, 1.54) is 6.92 Å². The Hall–Kier alpha value is -3.07. The van der Waals surface area contributed by atoms with Gasteiger partial charge in [0, 0.05) is 0 Å². The van der Waals surface area contributed by atoms with Crippen LogP contribution in [-0.2, 0) is 0 Å². The van der Waals surface area contributed by atoms with E-state index in [0.717, 1.165) is 47.5 Å². The monoisotopic (exact) mass is 360 g/mol. The van der Waals surface area contributed by atoms with Gasteiger partial charge in [0.1, 0.15) is 11.5 Å². The first kappa shape index (κ1) is 18.7. The predicted molar refractivity (Wildman–Crippen MR) is 109 cm³/mol. The van der Waals surface area contributed by atoms with Gasteiger partial charge >= 0.3 is 0 Å². The second-order valence-corrected chi connectivity index (χ2v) is 6.59. The lowest BCUT2D eigenvalue weighted by Crippen LogP contribution is -1.95. The quantitative estimate of drug-likeness (QED) is 0.408. The highest BCUT2D eigenvalue weighted by atomic mass is 16.5. The number of carbonyl (C=O) groups excluding carboxylic acids is 1. The van der Waals surface area contributed by atoms with Gasteiger partial charge in [-0.15, -0.1) is 0 Å². The van der Waals surface area contributed by atoms with Crippen LogP contribution in [0, 0.1) is 0 Å². The van der Waals surface area contributed by atoms with Gasteiger partial charge in [-0.3, -0.25) is 4.79 Å². The Morgan fingerprint density at radius 1 is 0.852 bits per heavy atom. The summed E-state index contributed by atoms with van der Waals surface area (Å²) in [4.78, 5) is 11.4. The number of phenols is 1. The molecule has 0 spiro atoms. The van der Waals surface area contributed by atoms with E-state index in [1.54, 1.807) is 12.1 Å². The zero-order chi connectivity index (χ0) is 19.2. The summed E-state index contributed by atoms with van der Waals surface area (Å²) in [7, 11) is 0. The average Bonchev–Trinajstić information content (AvgIpc) is 2.68. The molecule has 27 heavy (non-hydrogen) atoms. The molecule has 0 aliphatic rings. The lowest BCUT2D eigenvalue weighted by atomic mass is 9.98. The molecule has 0 fully saturated rings. The van der Waals surface area contributed by atoms with Crippen molar-refractivity contribution in [1.82, 2.24) is 0 Å². The van der Waals surface area contributed by atoms with Gasteiger partial charge in [-0.1, -0.05) is 55.8 Å². The number of unbranched alkanes of at least 4 members (excludes halogenated alkanes) is 1. The molecule has 0 aromatic heterocycles. The van der Waals surface area contributed by atoms with E-state index in [-0.39, 0.29) is 11.5 Å². The topological polar surface area (TPSA) is 46.5 Å². The van der Waals surface area contributed by atoms with Gasteiger partial charge < -0.3 is 9.84 Å². The number of Topliss-reactive ketones (excluding diaryl/α,β-unsaturated/α-hetero) is 1. The van der Waals surface area contributed by atoms with Crippen molar-refractivity contribution in [3.63, 3.8) is 0 Å². The fraction of sp³-hybridized carbons (Fsp3) is 0.208. The molecule has 0 aliphatic heterocycles. The van der Waals surface area contributed by atoms with Crippen LogP contribution >= 0.6 is 0 Å². The Labute approximate surface area is 160 Å². The van der Waals surface area contributed by atoms with Gasteiger partial charge in [-0.2, -0.15) is 0 Å². The minimum atomic E-state index is -0.142. The van der Waals surface area contributed by atoms with Crippen molar-refractivity contribution in [2.24, 2.45) is 0 Å². The summed E-state index contributed by atoms with van der Waals surface area (Å²) >= 11 is 0. The van der Waals surface area contributed by atoms with Crippen LogP contribution < -0.4 is 4.74 Å². The highest BCUT2D eigenvalue weighted by Gasteiger charge is 2.08. The molecule has 3 heteroatoms. The van der Waals surface area contributed by atoms with Crippen LogP contribution in [0.1, 0.15) is 37.0 Å². The van der Waals surface area contributed by atoms with Crippen molar-refractivity contribution in [3.05, 3.63) is 72.3 Å². The lowest BCUT2D eigenvalue weighted by molar-refractivity contribution is 0.101. The van der Waals surface area contributed by atoms with Gasteiger partial charge in [0.25, 0.3) is 0 Å². The molecule has 3 aromatic carbocycles. The Morgan fingerprint density at radius 2 is 1.37 bits per heavy atom. The maximum atomic E-state index is 11.4. The lowest BCUT2D eigenvalue weighted by Gasteiger charge is -2.09. The fourth-order valence-corrected chi connectivity index (χ4v) is 2.94. The second-order valence-electron chi connectivity index (χ2n) is 6.59. The molecule has 0 saturated carbocycles. The third kappa shape index (κ3) is 4.56. The molecule has 1 N–H and O–H groups in total. The van der Waals surface area contributed by atoms with Crippen LogP contribution in [0.15, 0.2) is 66.7 Å². The Balaban J connectivity index is 1.75. The van der Waals surface area contributed by atoms with E-state index in [2.05, 4.69) is 31.2 Å². The standard InChI is InChI=1S/C24H24O3/c1-3-4-15-27-22-12-9-19(10-13-22)18-5-7-20(8-6-18)21-11-14-23(17(2)25)24(26)16-21/h5-14,16,26H,3-4,15H2,1-2H3. The number of ether oxygens (including phenoxy) is 1. The molecule has 0 bridgehead atoms. The van der Waals surface area contributed by atoms with Gasteiger partial charge in [0.05, 0.1) is 12.2 Å². The minimum Gasteiger partial charge on any atom is -0.507 e. The number of hydrogen-bond acceptors (Lipinski definition) is 3. The van der Waals surface area contributed by atoms with Gasteiger partial charge in [-0.05, 0) is 59.9 Å². The summed E-state index contributed by atoms with van der Waals surface area (Å²) in [6.07, 6.45) is 2.19. The first-order valence-electron chi connectivity index (χ1n) is 9.26. The highest BCUT2D eigenvalue weighted by Crippen LogP contribution is 2.29. The smallest absolute Gasteiger partial charge is 0.163 e. The summed E-state index contributed by atoms with van der Waals surface area (Å²) in [6.45, 7) is 4.35. The third-order valence-corrected chi connectivity index (χ3v) is 4.55. The van der Waals surface area contributed by atoms with Crippen LogP contribution in [-0.4, -0.2) is 17.5 Å². The molecular formula is C24H24O3. The van der Waals surface area contributed by atoms with E-state index in [4.69, 9.17) is 4.74 Å². The number of carbonyl (C=O) groups is 1. The molecule has 0 saturated heterocycles. The van der Waals surface area contributed by atoms with Gasteiger partial charge in [0.15, 0.2) is 5.78 Å². The zero-order valence-electron chi connectivity index (χ0n) is 15.7. The van der Waals surface area contributed by atoms with Crippen LogP contribution in [0.25, 0.3) is 22.3 Å². The van der Waals surface area contributed by atoms with E-state index in [9.17, 15) is 9.90 Å². The largest absolute Gasteiger partial charge is 0.507 e. The molecule has 138 valence electrons. The average molecular weight is 360 g/mol. The van der Waals surface area contributed by atoms with Crippen LogP contribution in [0.2, 0.25) is 0 Å². The van der Waals surface area contributed by atoms with Crippen molar-refractivity contribution in [2.45, 2.75) is 26.7 Å². The molecule has 3 rings (SSSR count). The molecule has 0 heterocycles. The van der Waals surface area contributed by atoms with E-state index >= 15 is 0 Å². The number of benzene rings is 3. The SMILES string of the molecule is CCCCOc1ccc(-c2ccc(-c3ccc(C(C)=O)c(O)c3)cc2)cc1. The molecule has 0 aliphatic carbocycles. The molecule has 3 aromatic rings. The van der Waals surface area contributed by atoms with Gasteiger partial charge in [0.2, 0.25) is 0 Å². The number of rotatable bonds is 7. The summed E-state index contributed by atoms with van der Waals surface area (Å²) in [5.41, 5.74) is 4.45. The molecule has 0 unspecified atom stereocenters. The van der Waals surface area contributed by atoms with Gasteiger partial charge in [-0.25, -0.2) is 0 Å². The molecule has 0 amide bonds. The Morgan fingerprint density at radius 3 is 1.89 bits per heavy atom. The summed E-state index contributed by atoms with van der Waals surface area (Å²) in [6, 6.07) is 21.4. The number of ketones is 1. The van der Waals surface area contributed by atoms with Crippen molar-refractivity contribution in [1.29, 1.82) is 0 Å². The van der Waals surface area contributed by atoms with E-state index < -0.39 is 0 Å². The second kappa shape index (κ2) is 8.54. The van der Waals surface area contributed by atoms with Crippen LogP contribution in [0.4, 0.5) is 0 Å². The maximum Gasteiger partial charge on any atom is 0.163 e.